The largest absolute Gasteiger partial charge is 0.478 e. The first-order valence-electron chi connectivity index (χ1n) is 9.99. The van der Waals surface area contributed by atoms with E-state index in [0.29, 0.717) is 11.6 Å². The number of hydrogen-bond acceptors (Lipinski definition) is 2. The molecule has 34 heavy (non-hydrogen) atoms. The van der Waals surface area contributed by atoms with Crippen LogP contribution in [0.2, 0.25) is 0 Å². The molecule has 4 rings (SSSR count). The quantitative estimate of drug-likeness (QED) is 0.252. The molecule has 0 spiro atoms. The number of anilines is 3. The van der Waals surface area contributed by atoms with Crippen molar-refractivity contribution in [3.8, 4) is 11.1 Å². The van der Waals surface area contributed by atoms with Gasteiger partial charge in [-0.3, -0.25) is 0 Å². The minimum absolute atomic E-state index is 0.178. The lowest BCUT2D eigenvalue weighted by molar-refractivity contribution is -0.137. The fourth-order valence-corrected chi connectivity index (χ4v) is 4.04. The average molecular weight is 591 g/mol. The van der Waals surface area contributed by atoms with Gasteiger partial charge < -0.3 is 10.0 Å². The highest BCUT2D eigenvalue weighted by molar-refractivity contribution is 9.10. The molecule has 0 aliphatic carbocycles. The maximum Gasteiger partial charge on any atom is 0.416 e. The predicted molar refractivity (Wildman–Crippen MR) is 134 cm³/mol. The molecule has 4 aromatic rings. The van der Waals surface area contributed by atoms with Gasteiger partial charge in [-0.15, -0.1) is 0 Å². The lowest BCUT2D eigenvalue weighted by atomic mass is 9.99. The van der Waals surface area contributed by atoms with E-state index in [4.69, 9.17) is 0 Å². The van der Waals surface area contributed by atoms with Gasteiger partial charge >= 0.3 is 12.1 Å². The van der Waals surface area contributed by atoms with Gasteiger partial charge in [-0.25, -0.2) is 4.79 Å². The van der Waals surface area contributed by atoms with Crippen molar-refractivity contribution in [2.45, 2.75) is 6.18 Å². The summed E-state index contributed by atoms with van der Waals surface area (Å²) in [6.07, 6.45) is -4.65. The van der Waals surface area contributed by atoms with Gasteiger partial charge in [-0.05, 0) is 90.0 Å². The van der Waals surface area contributed by atoms with Crippen molar-refractivity contribution in [1.29, 1.82) is 0 Å². The standard InChI is InChI=1S/C26H16Br2F3NO2/c27-20-3-9-23(10-4-20)32(24-11-5-21(28)6-12-24)22-7-1-16(2-8-22)17-13-18(25(33)34)15-19(14-17)26(29,30)31/h1-15H,(H,33,34). The number of hydrogen-bond donors (Lipinski definition) is 1. The van der Waals surface area contributed by atoms with E-state index in [1.54, 1.807) is 24.3 Å². The second kappa shape index (κ2) is 9.64. The molecule has 0 atom stereocenters. The van der Waals surface area contributed by atoms with Crippen LogP contribution in [-0.4, -0.2) is 11.1 Å². The monoisotopic (exact) mass is 589 g/mol. The molecule has 8 heteroatoms. The Bertz CT molecular complexity index is 1280. The van der Waals surface area contributed by atoms with Crippen LogP contribution in [0.5, 0.6) is 0 Å². The van der Waals surface area contributed by atoms with Crippen molar-refractivity contribution >= 4 is 54.9 Å². The number of halogens is 5. The summed E-state index contributed by atoms with van der Waals surface area (Å²) in [5.41, 5.74) is 1.81. The van der Waals surface area contributed by atoms with Crippen LogP contribution in [0.1, 0.15) is 15.9 Å². The van der Waals surface area contributed by atoms with Crippen molar-refractivity contribution in [2.75, 3.05) is 4.90 Å². The van der Waals surface area contributed by atoms with Gasteiger partial charge in [0, 0.05) is 26.0 Å². The highest BCUT2D eigenvalue weighted by Gasteiger charge is 2.32. The number of carbonyl (C=O) groups is 1. The minimum atomic E-state index is -4.65. The van der Waals surface area contributed by atoms with Crippen LogP contribution in [0, 0.1) is 0 Å². The Balaban J connectivity index is 1.78. The van der Waals surface area contributed by atoms with Gasteiger partial charge in [0.25, 0.3) is 0 Å². The van der Waals surface area contributed by atoms with Crippen LogP contribution in [0.25, 0.3) is 11.1 Å². The number of carboxylic acid groups (broad SMARTS) is 1. The molecule has 4 aromatic carbocycles. The van der Waals surface area contributed by atoms with E-state index >= 15 is 0 Å². The molecule has 0 heterocycles. The molecule has 0 amide bonds. The van der Waals surface area contributed by atoms with E-state index in [9.17, 15) is 23.1 Å². The average Bonchev–Trinajstić information content (AvgIpc) is 2.81. The smallest absolute Gasteiger partial charge is 0.416 e. The predicted octanol–water partition coefficient (Wildman–Crippen LogP) is 9.07. The van der Waals surface area contributed by atoms with Crippen molar-refractivity contribution in [2.24, 2.45) is 0 Å². The molecule has 0 bridgehead atoms. The second-order valence-electron chi connectivity index (χ2n) is 7.44. The van der Waals surface area contributed by atoms with E-state index in [2.05, 4.69) is 31.9 Å². The summed E-state index contributed by atoms with van der Waals surface area (Å²) in [6, 6.07) is 25.3. The molecular formula is C26H16Br2F3NO2. The SMILES string of the molecule is O=C(O)c1cc(-c2ccc(N(c3ccc(Br)cc3)c3ccc(Br)cc3)cc2)cc(C(F)(F)F)c1. The normalized spacial score (nSPS) is 11.3. The lowest BCUT2D eigenvalue weighted by Gasteiger charge is -2.26. The van der Waals surface area contributed by atoms with Crippen molar-refractivity contribution < 1.29 is 23.1 Å². The molecule has 1 N–H and O–H groups in total. The molecule has 0 saturated carbocycles. The summed E-state index contributed by atoms with van der Waals surface area (Å²) in [5.74, 6) is -1.42. The second-order valence-corrected chi connectivity index (χ2v) is 9.27. The fraction of sp³-hybridized carbons (Fsp3) is 0.0385. The Morgan fingerprint density at radius 2 is 1.12 bits per heavy atom. The Morgan fingerprint density at radius 1 is 0.676 bits per heavy atom. The molecule has 172 valence electrons. The Labute approximate surface area is 210 Å². The van der Waals surface area contributed by atoms with E-state index in [1.165, 1.54) is 6.07 Å². The molecule has 0 aromatic heterocycles. The number of benzene rings is 4. The maximum atomic E-state index is 13.3. The van der Waals surface area contributed by atoms with Gasteiger partial charge in [0.05, 0.1) is 11.1 Å². The Hall–Kier alpha value is -3.10. The van der Waals surface area contributed by atoms with Crippen LogP contribution in [0.3, 0.4) is 0 Å². The van der Waals surface area contributed by atoms with Crippen molar-refractivity contribution in [3.63, 3.8) is 0 Å². The molecule has 0 fully saturated rings. The molecule has 0 unspecified atom stereocenters. The van der Waals surface area contributed by atoms with Gasteiger partial charge in [-0.1, -0.05) is 44.0 Å². The first kappa shape index (κ1) is 24.0. The summed E-state index contributed by atoms with van der Waals surface area (Å²) in [5, 5.41) is 9.27. The van der Waals surface area contributed by atoms with E-state index in [-0.39, 0.29) is 5.56 Å². The summed E-state index contributed by atoms with van der Waals surface area (Å²) in [4.78, 5) is 13.4. The minimum Gasteiger partial charge on any atom is -0.478 e. The van der Waals surface area contributed by atoms with Crippen LogP contribution < -0.4 is 4.90 Å². The highest BCUT2D eigenvalue weighted by atomic mass is 79.9. The topological polar surface area (TPSA) is 40.5 Å². The zero-order valence-corrected chi connectivity index (χ0v) is 20.5. The van der Waals surface area contributed by atoms with Crippen molar-refractivity contribution in [3.05, 3.63) is 111 Å². The zero-order valence-electron chi connectivity index (χ0n) is 17.4. The Kier molecular flexibility index (Phi) is 6.81. The molecule has 0 aliphatic rings. The summed E-state index contributed by atoms with van der Waals surface area (Å²) < 4.78 is 41.8. The first-order valence-corrected chi connectivity index (χ1v) is 11.6. The van der Waals surface area contributed by atoms with Crippen LogP contribution >= 0.6 is 31.9 Å². The molecule has 0 saturated heterocycles. The maximum absolute atomic E-state index is 13.3. The Morgan fingerprint density at radius 3 is 1.53 bits per heavy atom. The first-order chi connectivity index (χ1) is 16.1. The summed E-state index contributed by atoms with van der Waals surface area (Å²) in [6.45, 7) is 0. The van der Waals surface area contributed by atoms with Crippen LogP contribution in [-0.2, 0) is 6.18 Å². The van der Waals surface area contributed by atoms with Gasteiger partial charge in [0.15, 0.2) is 0 Å². The van der Waals surface area contributed by atoms with E-state index in [1.807, 2.05) is 53.4 Å². The fourth-order valence-electron chi connectivity index (χ4n) is 3.51. The van der Waals surface area contributed by atoms with Crippen LogP contribution in [0.4, 0.5) is 30.2 Å². The van der Waals surface area contributed by atoms with Crippen molar-refractivity contribution in [1.82, 2.24) is 0 Å². The van der Waals surface area contributed by atoms with E-state index < -0.39 is 23.3 Å². The molecule has 0 radical (unpaired) electrons. The third kappa shape index (κ3) is 5.34. The highest BCUT2D eigenvalue weighted by Crippen LogP contribution is 2.38. The summed E-state index contributed by atoms with van der Waals surface area (Å²) >= 11 is 6.88. The number of alkyl halides is 3. The summed E-state index contributed by atoms with van der Waals surface area (Å²) in [7, 11) is 0. The molecule has 3 nitrogen and oxygen atoms in total. The van der Waals surface area contributed by atoms with Gasteiger partial charge in [-0.2, -0.15) is 13.2 Å². The third-order valence-corrected chi connectivity index (χ3v) is 6.19. The lowest BCUT2D eigenvalue weighted by Crippen LogP contribution is -2.10. The molecule has 0 aliphatic heterocycles. The van der Waals surface area contributed by atoms with Gasteiger partial charge in [0.2, 0.25) is 0 Å². The van der Waals surface area contributed by atoms with Crippen LogP contribution in [0.15, 0.2) is 99.9 Å². The number of nitrogens with zero attached hydrogens (tertiary/aromatic N) is 1. The number of rotatable bonds is 5. The third-order valence-electron chi connectivity index (χ3n) is 5.14. The van der Waals surface area contributed by atoms with Gasteiger partial charge in [0.1, 0.15) is 0 Å². The number of carboxylic acids is 1. The number of aromatic carboxylic acids is 1. The molecular weight excluding hydrogens is 575 g/mol. The zero-order chi connectivity index (χ0) is 24.5. The van der Waals surface area contributed by atoms with E-state index in [0.717, 1.165) is 32.1 Å².